The van der Waals surface area contributed by atoms with Gasteiger partial charge in [-0.15, -0.1) is 0 Å². The van der Waals surface area contributed by atoms with Crippen LogP contribution in [0.15, 0.2) is 0 Å². The highest BCUT2D eigenvalue weighted by atomic mass is 16.4. The van der Waals surface area contributed by atoms with Crippen molar-refractivity contribution >= 4 is 17.9 Å². The Morgan fingerprint density at radius 2 is 2.11 bits per heavy atom. The van der Waals surface area contributed by atoms with E-state index >= 15 is 0 Å². The van der Waals surface area contributed by atoms with Crippen LogP contribution in [0, 0.1) is 5.92 Å². The van der Waals surface area contributed by atoms with Crippen LogP contribution in [0.25, 0.3) is 0 Å². The summed E-state index contributed by atoms with van der Waals surface area (Å²) < 4.78 is 0. The number of hydrogen-bond acceptors (Lipinski definition) is 3. The Bertz CT molecular complexity index is 359. The summed E-state index contributed by atoms with van der Waals surface area (Å²) in [6.07, 6.45) is 1.87. The van der Waals surface area contributed by atoms with Crippen LogP contribution in [0.4, 0.5) is 4.79 Å². The van der Waals surface area contributed by atoms with Gasteiger partial charge < -0.3 is 20.6 Å². The number of nitrogens with zero attached hydrogens (tertiary/aromatic N) is 1. The Balaban J connectivity index is 2.53. The summed E-state index contributed by atoms with van der Waals surface area (Å²) in [5.41, 5.74) is 0. The lowest BCUT2D eigenvalue weighted by Crippen LogP contribution is -2.50. The van der Waals surface area contributed by atoms with Crippen molar-refractivity contribution in [1.82, 2.24) is 15.5 Å². The number of urea groups is 1. The van der Waals surface area contributed by atoms with Crippen LogP contribution < -0.4 is 10.6 Å². The predicted octanol–water partition coefficient (Wildman–Crippen LogP) is 0.0172. The van der Waals surface area contributed by atoms with E-state index in [1.165, 1.54) is 11.9 Å². The van der Waals surface area contributed by atoms with Crippen molar-refractivity contribution in [3.63, 3.8) is 0 Å². The van der Waals surface area contributed by atoms with Crippen molar-refractivity contribution in [1.29, 1.82) is 0 Å². The van der Waals surface area contributed by atoms with Crippen LogP contribution in [-0.4, -0.2) is 54.1 Å². The van der Waals surface area contributed by atoms with Gasteiger partial charge in [0.25, 0.3) is 0 Å². The molecular weight excluding hydrogens is 250 g/mol. The molecule has 0 bridgehead atoms. The summed E-state index contributed by atoms with van der Waals surface area (Å²) in [5.74, 6) is -1.70. The number of likely N-dealkylation sites (N-methyl/N-ethyl adjacent to an activating group) is 1. The van der Waals surface area contributed by atoms with E-state index in [2.05, 4.69) is 10.6 Å². The highest BCUT2D eigenvalue weighted by molar-refractivity contribution is 5.87. The first-order chi connectivity index (χ1) is 9.01. The van der Waals surface area contributed by atoms with Crippen molar-refractivity contribution in [3.05, 3.63) is 0 Å². The van der Waals surface area contributed by atoms with Crippen molar-refractivity contribution in [3.8, 4) is 0 Å². The third kappa shape index (κ3) is 3.84. The van der Waals surface area contributed by atoms with Gasteiger partial charge in [0.2, 0.25) is 5.91 Å². The third-order valence-corrected chi connectivity index (χ3v) is 3.40. The van der Waals surface area contributed by atoms with Crippen molar-refractivity contribution in [2.45, 2.75) is 32.2 Å². The maximum absolute atomic E-state index is 12.0. The molecule has 0 aliphatic carbocycles. The highest BCUT2D eigenvalue weighted by Crippen LogP contribution is 2.17. The fourth-order valence-electron chi connectivity index (χ4n) is 2.17. The van der Waals surface area contributed by atoms with Gasteiger partial charge in [0.15, 0.2) is 0 Å². The molecule has 7 heteroatoms. The molecule has 0 aromatic rings. The van der Waals surface area contributed by atoms with E-state index < -0.39 is 17.9 Å². The minimum atomic E-state index is -0.924. The maximum atomic E-state index is 12.0. The van der Waals surface area contributed by atoms with Gasteiger partial charge in [-0.2, -0.15) is 0 Å². The molecule has 1 rings (SSSR count). The standard InChI is InChI=1S/C12H21N3O4/c1-3-8(11(17)18)7-14-12(19)15-6-4-5-9(15)10(16)13-2/h8-9H,3-7H2,1-2H3,(H,13,16)(H,14,19)(H,17,18). The molecule has 0 spiro atoms. The summed E-state index contributed by atoms with van der Waals surface area (Å²) in [4.78, 5) is 35.9. The topological polar surface area (TPSA) is 98.7 Å². The minimum Gasteiger partial charge on any atom is -0.481 e. The Kier molecular flexibility index (Phi) is 5.59. The first-order valence-electron chi connectivity index (χ1n) is 6.50. The number of hydrogen-bond donors (Lipinski definition) is 3. The molecule has 1 saturated heterocycles. The number of carboxylic acid groups (broad SMARTS) is 1. The van der Waals surface area contributed by atoms with Gasteiger partial charge in [0.1, 0.15) is 6.04 Å². The van der Waals surface area contributed by atoms with Gasteiger partial charge in [-0.3, -0.25) is 9.59 Å². The summed E-state index contributed by atoms with van der Waals surface area (Å²) in [6, 6.07) is -0.819. The molecule has 1 aliphatic rings. The van der Waals surface area contributed by atoms with Crippen LogP contribution in [0.3, 0.4) is 0 Å². The highest BCUT2D eigenvalue weighted by Gasteiger charge is 2.33. The molecular formula is C12H21N3O4. The number of aliphatic carboxylic acids is 1. The number of carboxylic acids is 1. The maximum Gasteiger partial charge on any atom is 0.318 e. The zero-order valence-electron chi connectivity index (χ0n) is 11.3. The van der Waals surface area contributed by atoms with E-state index in [9.17, 15) is 14.4 Å². The lowest BCUT2D eigenvalue weighted by molar-refractivity contribution is -0.141. The number of likely N-dealkylation sites (tertiary alicyclic amines) is 1. The average molecular weight is 271 g/mol. The van der Waals surface area contributed by atoms with Crippen LogP contribution in [0.5, 0.6) is 0 Å². The molecule has 0 saturated carbocycles. The first kappa shape index (κ1) is 15.3. The smallest absolute Gasteiger partial charge is 0.318 e. The van der Waals surface area contributed by atoms with Gasteiger partial charge >= 0.3 is 12.0 Å². The number of carbonyl (C=O) groups is 3. The van der Waals surface area contributed by atoms with E-state index in [0.717, 1.165) is 6.42 Å². The lowest BCUT2D eigenvalue weighted by atomic mass is 10.1. The van der Waals surface area contributed by atoms with Gasteiger partial charge in [0.05, 0.1) is 5.92 Å². The summed E-state index contributed by atoms with van der Waals surface area (Å²) in [5, 5.41) is 14.0. The first-order valence-corrected chi connectivity index (χ1v) is 6.50. The zero-order chi connectivity index (χ0) is 14.4. The third-order valence-electron chi connectivity index (χ3n) is 3.40. The monoisotopic (exact) mass is 271 g/mol. The van der Waals surface area contributed by atoms with Crippen LogP contribution >= 0.6 is 0 Å². The molecule has 2 atom stereocenters. The summed E-state index contributed by atoms with van der Waals surface area (Å²) in [7, 11) is 1.54. The molecule has 1 fully saturated rings. The molecule has 0 aromatic carbocycles. The van der Waals surface area contributed by atoms with Gasteiger partial charge in [-0.05, 0) is 19.3 Å². The number of carbonyl (C=O) groups excluding carboxylic acids is 2. The van der Waals surface area contributed by atoms with Crippen molar-refractivity contribution in [2.24, 2.45) is 5.92 Å². The Morgan fingerprint density at radius 3 is 2.63 bits per heavy atom. The van der Waals surface area contributed by atoms with Crippen molar-refractivity contribution in [2.75, 3.05) is 20.1 Å². The Hall–Kier alpha value is -1.79. The molecule has 3 amide bonds. The molecule has 1 heterocycles. The normalized spacial score (nSPS) is 19.9. The van der Waals surface area contributed by atoms with Gasteiger partial charge in [-0.25, -0.2) is 4.79 Å². The Labute approximate surface area is 112 Å². The molecule has 2 unspecified atom stereocenters. The van der Waals surface area contributed by atoms with E-state index in [1.807, 2.05) is 0 Å². The SMILES string of the molecule is CCC(CNC(=O)N1CCCC1C(=O)NC)C(=O)O. The summed E-state index contributed by atoms with van der Waals surface area (Å²) in [6.45, 7) is 2.36. The zero-order valence-corrected chi connectivity index (χ0v) is 11.3. The fourth-order valence-corrected chi connectivity index (χ4v) is 2.17. The van der Waals surface area contributed by atoms with E-state index in [0.29, 0.717) is 19.4 Å². The van der Waals surface area contributed by atoms with Crippen molar-refractivity contribution < 1.29 is 19.5 Å². The van der Waals surface area contributed by atoms with Crippen LogP contribution in [-0.2, 0) is 9.59 Å². The second kappa shape index (κ2) is 6.96. The number of nitrogens with one attached hydrogen (secondary N) is 2. The van der Waals surface area contributed by atoms with E-state index in [4.69, 9.17) is 5.11 Å². The second-order valence-corrected chi connectivity index (χ2v) is 4.60. The molecule has 0 aromatic heterocycles. The second-order valence-electron chi connectivity index (χ2n) is 4.60. The molecule has 1 aliphatic heterocycles. The molecule has 19 heavy (non-hydrogen) atoms. The van der Waals surface area contributed by atoms with Crippen LogP contribution in [0.2, 0.25) is 0 Å². The molecule has 3 N–H and O–H groups in total. The predicted molar refractivity (Wildman–Crippen MR) is 68.6 cm³/mol. The van der Waals surface area contributed by atoms with E-state index in [1.54, 1.807) is 6.92 Å². The number of amides is 3. The van der Waals surface area contributed by atoms with E-state index in [-0.39, 0.29) is 18.5 Å². The Morgan fingerprint density at radius 1 is 1.42 bits per heavy atom. The molecule has 108 valence electrons. The minimum absolute atomic E-state index is 0.0850. The van der Waals surface area contributed by atoms with Gasteiger partial charge in [-0.1, -0.05) is 6.92 Å². The number of rotatable bonds is 5. The summed E-state index contributed by atoms with van der Waals surface area (Å²) >= 11 is 0. The van der Waals surface area contributed by atoms with Gasteiger partial charge in [0, 0.05) is 20.1 Å². The average Bonchev–Trinajstić information content (AvgIpc) is 2.87. The quantitative estimate of drug-likeness (QED) is 0.656. The lowest BCUT2D eigenvalue weighted by Gasteiger charge is -2.24. The largest absolute Gasteiger partial charge is 0.481 e. The van der Waals surface area contributed by atoms with Crippen LogP contribution in [0.1, 0.15) is 26.2 Å². The molecule has 7 nitrogen and oxygen atoms in total. The molecule has 0 radical (unpaired) electrons. The fraction of sp³-hybridized carbons (Fsp3) is 0.750.